The monoisotopic (exact) mass is 385 g/mol. The van der Waals surface area contributed by atoms with Gasteiger partial charge in [0.1, 0.15) is 5.56 Å². The smallest absolute Gasteiger partial charge is 0.343 e. The van der Waals surface area contributed by atoms with E-state index in [1.54, 1.807) is 25.3 Å². The van der Waals surface area contributed by atoms with Gasteiger partial charge >= 0.3 is 5.97 Å². The van der Waals surface area contributed by atoms with Gasteiger partial charge in [0.05, 0.1) is 12.1 Å². The number of hydrogen-bond donors (Lipinski definition) is 0. The summed E-state index contributed by atoms with van der Waals surface area (Å²) in [6, 6.07) is 15.2. The molecule has 3 aromatic rings. The molecule has 0 amide bonds. The molecule has 4 nitrogen and oxygen atoms in total. The van der Waals surface area contributed by atoms with Crippen LogP contribution in [0.15, 0.2) is 64.0 Å². The molecule has 0 bridgehead atoms. The molecule has 0 fully saturated rings. The molecule has 3 rings (SSSR count). The van der Waals surface area contributed by atoms with Crippen LogP contribution in [0.25, 0.3) is 10.9 Å². The van der Waals surface area contributed by atoms with Gasteiger partial charge in [-0.2, -0.15) is 0 Å². The van der Waals surface area contributed by atoms with E-state index in [2.05, 4.69) is 15.9 Å². The lowest BCUT2D eigenvalue weighted by molar-refractivity contribution is 0.0524. The second-order valence-corrected chi connectivity index (χ2v) is 6.28. The summed E-state index contributed by atoms with van der Waals surface area (Å²) in [6.07, 6.45) is 1.59. The Morgan fingerprint density at radius 2 is 1.83 bits per heavy atom. The number of fused-ring (bicyclic) bond motifs is 1. The van der Waals surface area contributed by atoms with Gasteiger partial charge < -0.3 is 9.30 Å². The number of para-hydroxylation sites is 1. The highest BCUT2D eigenvalue weighted by atomic mass is 79.9. The SMILES string of the molecule is CCOC(=O)c1cn(Cc2ccc(Br)cc2)c2ccccc2c1=O. The minimum absolute atomic E-state index is 0.0626. The predicted molar refractivity (Wildman–Crippen MR) is 97.4 cm³/mol. The third-order valence-electron chi connectivity index (χ3n) is 3.75. The van der Waals surface area contributed by atoms with Crippen molar-refractivity contribution in [2.75, 3.05) is 6.61 Å². The average molecular weight is 386 g/mol. The van der Waals surface area contributed by atoms with Crippen molar-refractivity contribution >= 4 is 32.8 Å². The summed E-state index contributed by atoms with van der Waals surface area (Å²) in [5, 5.41) is 0.514. The van der Waals surface area contributed by atoms with Crippen molar-refractivity contribution in [3.63, 3.8) is 0 Å². The summed E-state index contributed by atoms with van der Waals surface area (Å²) in [5.74, 6) is -0.585. The Labute approximate surface area is 147 Å². The van der Waals surface area contributed by atoms with Crippen LogP contribution in [0.2, 0.25) is 0 Å². The van der Waals surface area contributed by atoms with Crippen molar-refractivity contribution in [3.05, 3.63) is 80.6 Å². The first kappa shape index (κ1) is 16.5. The number of rotatable bonds is 4. The highest BCUT2D eigenvalue weighted by molar-refractivity contribution is 9.10. The first-order chi connectivity index (χ1) is 11.6. The van der Waals surface area contributed by atoms with Crippen LogP contribution >= 0.6 is 15.9 Å². The molecule has 122 valence electrons. The largest absolute Gasteiger partial charge is 0.462 e. The molecule has 0 atom stereocenters. The minimum Gasteiger partial charge on any atom is -0.462 e. The van der Waals surface area contributed by atoms with E-state index in [1.165, 1.54) is 0 Å². The van der Waals surface area contributed by atoms with Crippen LogP contribution in [0.5, 0.6) is 0 Å². The number of carbonyl (C=O) groups is 1. The molecule has 2 aromatic carbocycles. The Balaban J connectivity index is 2.15. The standard InChI is InChI=1S/C19H16BrNO3/c1-2-24-19(23)16-12-21(11-13-7-9-14(20)10-8-13)17-6-4-3-5-15(17)18(16)22/h3-10,12H,2,11H2,1H3. The number of esters is 1. The van der Waals surface area contributed by atoms with Crippen molar-refractivity contribution in [1.29, 1.82) is 0 Å². The van der Waals surface area contributed by atoms with Gasteiger partial charge in [-0.3, -0.25) is 4.79 Å². The van der Waals surface area contributed by atoms with E-state index in [0.29, 0.717) is 11.9 Å². The van der Waals surface area contributed by atoms with E-state index in [4.69, 9.17) is 4.74 Å². The molecule has 0 N–H and O–H groups in total. The first-order valence-electron chi connectivity index (χ1n) is 7.64. The molecule has 0 saturated heterocycles. The Morgan fingerprint density at radius 1 is 1.12 bits per heavy atom. The van der Waals surface area contributed by atoms with Crippen molar-refractivity contribution in [1.82, 2.24) is 4.57 Å². The summed E-state index contributed by atoms with van der Waals surface area (Å²) in [5.41, 5.74) is 1.63. The van der Waals surface area contributed by atoms with Gasteiger partial charge in [0.25, 0.3) is 0 Å². The van der Waals surface area contributed by atoms with Gasteiger partial charge in [-0.15, -0.1) is 0 Å². The van der Waals surface area contributed by atoms with Crippen LogP contribution < -0.4 is 5.43 Å². The summed E-state index contributed by atoms with van der Waals surface area (Å²) >= 11 is 3.42. The first-order valence-corrected chi connectivity index (χ1v) is 8.43. The Kier molecular flexibility index (Phi) is 4.81. The fraction of sp³-hybridized carbons (Fsp3) is 0.158. The lowest BCUT2D eigenvalue weighted by Crippen LogP contribution is -2.21. The number of pyridine rings is 1. The quantitative estimate of drug-likeness (QED) is 0.637. The molecule has 0 spiro atoms. The van der Waals surface area contributed by atoms with Gasteiger partial charge in [-0.25, -0.2) is 4.79 Å². The molecule has 1 aromatic heterocycles. The molecular formula is C19H16BrNO3. The zero-order chi connectivity index (χ0) is 17.1. The number of halogens is 1. The molecule has 0 aliphatic rings. The highest BCUT2D eigenvalue weighted by Gasteiger charge is 2.16. The van der Waals surface area contributed by atoms with E-state index in [0.717, 1.165) is 15.6 Å². The lowest BCUT2D eigenvalue weighted by Gasteiger charge is -2.13. The lowest BCUT2D eigenvalue weighted by atomic mass is 10.1. The van der Waals surface area contributed by atoms with E-state index in [-0.39, 0.29) is 17.6 Å². The van der Waals surface area contributed by atoms with Crippen molar-refractivity contribution < 1.29 is 9.53 Å². The maximum atomic E-state index is 12.6. The molecule has 5 heteroatoms. The average Bonchev–Trinajstić information content (AvgIpc) is 2.59. The van der Waals surface area contributed by atoms with Crippen LogP contribution in [0, 0.1) is 0 Å². The van der Waals surface area contributed by atoms with E-state index in [1.807, 2.05) is 41.0 Å². The minimum atomic E-state index is -0.585. The van der Waals surface area contributed by atoms with E-state index in [9.17, 15) is 9.59 Å². The molecular weight excluding hydrogens is 370 g/mol. The fourth-order valence-corrected chi connectivity index (χ4v) is 2.88. The molecule has 24 heavy (non-hydrogen) atoms. The number of benzene rings is 2. The Bertz CT molecular complexity index is 945. The zero-order valence-corrected chi connectivity index (χ0v) is 14.7. The molecule has 0 aliphatic heterocycles. The van der Waals surface area contributed by atoms with Crippen LogP contribution in [0.3, 0.4) is 0 Å². The summed E-state index contributed by atoms with van der Waals surface area (Å²) < 4.78 is 7.93. The van der Waals surface area contributed by atoms with E-state index < -0.39 is 5.97 Å². The molecule has 0 unspecified atom stereocenters. The maximum Gasteiger partial charge on any atom is 0.343 e. The second kappa shape index (κ2) is 7.01. The van der Waals surface area contributed by atoms with Crippen molar-refractivity contribution in [2.24, 2.45) is 0 Å². The molecule has 0 saturated carbocycles. The molecule has 1 heterocycles. The molecule has 0 aliphatic carbocycles. The number of ether oxygens (including phenoxy) is 1. The fourth-order valence-electron chi connectivity index (χ4n) is 2.62. The summed E-state index contributed by atoms with van der Waals surface area (Å²) in [6.45, 7) is 2.51. The van der Waals surface area contributed by atoms with Crippen molar-refractivity contribution in [2.45, 2.75) is 13.5 Å². The zero-order valence-electron chi connectivity index (χ0n) is 13.2. The highest BCUT2D eigenvalue weighted by Crippen LogP contribution is 2.16. The van der Waals surface area contributed by atoms with Gasteiger partial charge in [0.2, 0.25) is 5.43 Å². The summed E-state index contributed by atoms with van der Waals surface area (Å²) in [4.78, 5) is 24.7. The third-order valence-corrected chi connectivity index (χ3v) is 4.28. The van der Waals surface area contributed by atoms with Crippen LogP contribution in [0.1, 0.15) is 22.8 Å². The van der Waals surface area contributed by atoms with Gasteiger partial charge in [-0.1, -0.05) is 40.2 Å². The maximum absolute atomic E-state index is 12.6. The third kappa shape index (κ3) is 3.26. The normalized spacial score (nSPS) is 10.8. The number of nitrogens with zero attached hydrogens (tertiary/aromatic N) is 1. The summed E-state index contributed by atoms with van der Waals surface area (Å²) in [7, 11) is 0. The Morgan fingerprint density at radius 3 is 2.54 bits per heavy atom. The van der Waals surface area contributed by atoms with E-state index >= 15 is 0 Å². The van der Waals surface area contributed by atoms with Crippen LogP contribution in [0.4, 0.5) is 0 Å². The Hall–Kier alpha value is -2.40. The second-order valence-electron chi connectivity index (χ2n) is 5.36. The van der Waals surface area contributed by atoms with Crippen LogP contribution in [-0.2, 0) is 11.3 Å². The molecule has 0 radical (unpaired) electrons. The topological polar surface area (TPSA) is 48.3 Å². The number of carbonyl (C=O) groups excluding carboxylic acids is 1. The van der Waals surface area contributed by atoms with Gasteiger partial charge in [-0.05, 0) is 36.8 Å². The van der Waals surface area contributed by atoms with Gasteiger partial charge in [0, 0.05) is 22.6 Å². The van der Waals surface area contributed by atoms with Crippen LogP contribution in [-0.4, -0.2) is 17.1 Å². The predicted octanol–water partition coefficient (Wildman–Crippen LogP) is 3.99. The number of aromatic nitrogens is 1. The number of hydrogen-bond acceptors (Lipinski definition) is 3. The van der Waals surface area contributed by atoms with Gasteiger partial charge in [0.15, 0.2) is 0 Å². The van der Waals surface area contributed by atoms with Crippen molar-refractivity contribution in [3.8, 4) is 0 Å².